The average Bonchev–Trinajstić information content (AvgIpc) is 2.99. The van der Waals surface area contributed by atoms with Crippen molar-refractivity contribution in [3.05, 3.63) is 42.0 Å². The lowest BCUT2D eigenvalue weighted by atomic mass is 9.77. The number of piperidine rings is 1. The third kappa shape index (κ3) is 4.59. The number of carbonyl (C=O) groups excluding carboxylic acids is 2. The number of benzene rings is 1. The fourth-order valence-electron chi connectivity index (χ4n) is 4.21. The Morgan fingerprint density at radius 2 is 1.96 bits per heavy atom. The third-order valence-electron chi connectivity index (χ3n) is 5.91. The number of likely N-dealkylation sites (tertiary alicyclic amines) is 2. The van der Waals surface area contributed by atoms with Crippen molar-refractivity contribution < 1.29 is 14.3 Å². The van der Waals surface area contributed by atoms with Gasteiger partial charge in [0.2, 0.25) is 5.91 Å². The number of carbonyl (C=O) groups is 2. The summed E-state index contributed by atoms with van der Waals surface area (Å²) >= 11 is 0. The lowest BCUT2D eigenvalue weighted by Gasteiger charge is -2.39. The Morgan fingerprint density at radius 3 is 2.59 bits per heavy atom. The van der Waals surface area contributed by atoms with Gasteiger partial charge in [-0.2, -0.15) is 0 Å². The van der Waals surface area contributed by atoms with E-state index < -0.39 is 0 Å². The van der Waals surface area contributed by atoms with E-state index in [9.17, 15) is 9.59 Å². The standard InChI is InChI=1S/C22H30N2O3/c1-3-19(27-2)21(26)23-14-11-22(12-15-23)16-20(25)24(17-22)13-7-10-18-8-5-4-6-9-18/h4-10,19H,3,11-17H2,1-2H3. The summed E-state index contributed by atoms with van der Waals surface area (Å²) in [6.07, 6.45) is 6.87. The van der Waals surface area contributed by atoms with Crippen LogP contribution in [0.1, 0.15) is 38.2 Å². The molecule has 0 aromatic heterocycles. The maximum absolute atomic E-state index is 12.5. The highest BCUT2D eigenvalue weighted by molar-refractivity contribution is 5.82. The molecule has 1 spiro atoms. The highest BCUT2D eigenvalue weighted by Crippen LogP contribution is 2.41. The number of hydrogen-bond acceptors (Lipinski definition) is 3. The molecule has 5 heteroatoms. The number of nitrogens with zero attached hydrogens (tertiary/aromatic N) is 2. The van der Waals surface area contributed by atoms with Gasteiger partial charge in [0.1, 0.15) is 6.10 Å². The Labute approximate surface area is 162 Å². The summed E-state index contributed by atoms with van der Waals surface area (Å²) in [6.45, 7) is 4.86. The highest BCUT2D eigenvalue weighted by Gasteiger charge is 2.45. The quantitative estimate of drug-likeness (QED) is 0.774. The first-order valence-electron chi connectivity index (χ1n) is 9.88. The van der Waals surface area contributed by atoms with Crippen LogP contribution in [0.4, 0.5) is 0 Å². The largest absolute Gasteiger partial charge is 0.372 e. The van der Waals surface area contributed by atoms with Crippen molar-refractivity contribution in [2.75, 3.05) is 33.3 Å². The van der Waals surface area contributed by atoms with Crippen LogP contribution in [0.2, 0.25) is 0 Å². The van der Waals surface area contributed by atoms with Gasteiger partial charge in [-0.3, -0.25) is 9.59 Å². The van der Waals surface area contributed by atoms with Gasteiger partial charge in [-0.25, -0.2) is 0 Å². The first-order chi connectivity index (χ1) is 13.1. The number of hydrogen-bond donors (Lipinski definition) is 0. The summed E-state index contributed by atoms with van der Waals surface area (Å²) in [5.41, 5.74) is 1.18. The molecular formula is C22H30N2O3. The topological polar surface area (TPSA) is 49.9 Å². The SMILES string of the molecule is CCC(OC)C(=O)N1CCC2(CC1)CC(=O)N(CC=Cc1ccccc1)C2. The molecule has 146 valence electrons. The molecule has 0 radical (unpaired) electrons. The van der Waals surface area contributed by atoms with Crippen molar-refractivity contribution in [1.82, 2.24) is 9.80 Å². The minimum absolute atomic E-state index is 0.0310. The zero-order valence-electron chi connectivity index (χ0n) is 16.4. The van der Waals surface area contributed by atoms with Gasteiger partial charge in [-0.1, -0.05) is 49.4 Å². The number of ether oxygens (including phenoxy) is 1. The molecule has 2 aliphatic rings. The molecule has 2 fully saturated rings. The van der Waals surface area contributed by atoms with Gasteiger partial charge in [0, 0.05) is 45.1 Å². The van der Waals surface area contributed by atoms with Crippen LogP contribution in [0, 0.1) is 5.41 Å². The Morgan fingerprint density at radius 1 is 1.26 bits per heavy atom. The van der Waals surface area contributed by atoms with Gasteiger partial charge in [0.25, 0.3) is 5.91 Å². The predicted molar refractivity (Wildman–Crippen MR) is 106 cm³/mol. The summed E-state index contributed by atoms with van der Waals surface area (Å²) in [6, 6.07) is 10.1. The van der Waals surface area contributed by atoms with Crippen molar-refractivity contribution in [3.63, 3.8) is 0 Å². The fraction of sp³-hybridized carbons (Fsp3) is 0.545. The first-order valence-corrected chi connectivity index (χ1v) is 9.88. The Balaban J connectivity index is 1.53. The van der Waals surface area contributed by atoms with Crippen LogP contribution < -0.4 is 0 Å². The van der Waals surface area contributed by atoms with Gasteiger partial charge >= 0.3 is 0 Å². The normalized spacial score (nSPS) is 20.6. The van der Waals surface area contributed by atoms with Crippen molar-refractivity contribution in [1.29, 1.82) is 0 Å². The average molecular weight is 370 g/mol. The molecule has 0 N–H and O–H groups in total. The maximum atomic E-state index is 12.5. The molecule has 3 rings (SSSR count). The van der Waals surface area contributed by atoms with Crippen LogP contribution in [0.3, 0.4) is 0 Å². The predicted octanol–water partition coefficient (Wildman–Crippen LogP) is 2.97. The molecule has 1 aromatic rings. The van der Waals surface area contributed by atoms with E-state index in [1.807, 2.05) is 34.9 Å². The van der Waals surface area contributed by atoms with Crippen LogP contribution in [0.5, 0.6) is 0 Å². The molecule has 1 aromatic carbocycles. The van der Waals surface area contributed by atoms with Crippen molar-refractivity contribution in [3.8, 4) is 0 Å². The highest BCUT2D eigenvalue weighted by atomic mass is 16.5. The molecule has 2 amide bonds. The van der Waals surface area contributed by atoms with Gasteiger partial charge in [-0.05, 0) is 24.8 Å². The zero-order valence-corrected chi connectivity index (χ0v) is 16.4. The minimum atomic E-state index is -0.344. The van der Waals surface area contributed by atoms with Crippen LogP contribution in [0.25, 0.3) is 6.08 Å². The summed E-state index contributed by atoms with van der Waals surface area (Å²) in [5.74, 6) is 0.317. The van der Waals surface area contributed by atoms with E-state index in [0.29, 0.717) is 19.4 Å². The van der Waals surface area contributed by atoms with E-state index in [0.717, 1.165) is 38.0 Å². The summed E-state index contributed by atoms with van der Waals surface area (Å²) in [7, 11) is 1.59. The zero-order chi connectivity index (χ0) is 19.3. The molecular weight excluding hydrogens is 340 g/mol. The van der Waals surface area contributed by atoms with Crippen LogP contribution in [-0.4, -0.2) is 61.0 Å². The van der Waals surface area contributed by atoms with Crippen LogP contribution >= 0.6 is 0 Å². The summed E-state index contributed by atoms with van der Waals surface area (Å²) in [4.78, 5) is 28.8. The molecule has 2 saturated heterocycles. The maximum Gasteiger partial charge on any atom is 0.251 e. The van der Waals surface area contributed by atoms with Crippen molar-refractivity contribution in [2.24, 2.45) is 5.41 Å². The van der Waals surface area contributed by atoms with Crippen molar-refractivity contribution >= 4 is 17.9 Å². The Bertz CT molecular complexity index is 674. The minimum Gasteiger partial charge on any atom is -0.372 e. The van der Waals surface area contributed by atoms with Crippen molar-refractivity contribution in [2.45, 2.75) is 38.7 Å². The molecule has 0 bridgehead atoms. The monoisotopic (exact) mass is 370 g/mol. The second-order valence-corrected chi connectivity index (χ2v) is 7.72. The van der Waals surface area contributed by atoms with E-state index >= 15 is 0 Å². The molecule has 1 unspecified atom stereocenters. The molecule has 0 aliphatic carbocycles. The first kappa shape index (κ1) is 19.6. The van der Waals surface area contributed by atoms with E-state index in [-0.39, 0.29) is 23.3 Å². The van der Waals surface area contributed by atoms with E-state index in [1.165, 1.54) is 0 Å². The Hall–Kier alpha value is -2.14. The van der Waals surface area contributed by atoms with Gasteiger partial charge < -0.3 is 14.5 Å². The van der Waals surface area contributed by atoms with Gasteiger partial charge in [-0.15, -0.1) is 0 Å². The number of methoxy groups -OCH3 is 1. The lowest BCUT2D eigenvalue weighted by Crippen LogP contribution is -2.48. The molecule has 0 saturated carbocycles. The fourth-order valence-corrected chi connectivity index (χ4v) is 4.21. The molecule has 27 heavy (non-hydrogen) atoms. The van der Waals surface area contributed by atoms with Crippen LogP contribution in [-0.2, 0) is 14.3 Å². The van der Waals surface area contributed by atoms with Crippen LogP contribution in [0.15, 0.2) is 36.4 Å². The second kappa shape index (κ2) is 8.70. The van der Waals surface area contributed by atoms with Gasteiger partial charge in [0.15, 0.2) is 0 Å². The van der Waals surface area contributed by atoms with E-state index in [2.05, 4.69) is 24.3 Å². The second-order valence-electron chi connectivity index (χ2n) is 7.72. The molecule has 2 heterocycles. The smallest absolute Gasteiger partial charge is 0.251 e. The summed E-state index contributed by atoms with van der Waals surface area (Å²) < 4.78 is 5.29. The molecule has 1 atom stereocenters. The Kier molecular flexibility index (Phi) is 6.32. The van der Waals surface area contributed by atoms with Gasteiger partial charge in [0.05, 0.1) is 0 Å². The third-order valence-corrected chi connectivity index (χ3v) is 5.91. The summed E-state index contributed by atoms with van der Waals surface area (Å²) in [5, 5.41) is 0. The number of rotatable bonds is 6. The van der Waals surface area contributed by atoms with E-state index in [1.54, 1.807) is 7.11 Å². The lowest BCUT2D eigenvalue weighted by molar-refractivity contribution is -0.144. The molecule has 2 aliphatic heterocycles. The molecule has 5 nitrogen and oxygen atoms in total. The number of amides is 2. The van der Waals surface area contributed by atoms with E-state index in [4.69, 9.17) is 4.74 Å².